The third kappa shape index (κ3) is 5.90. The molecule has 0 atom stereocenters. The van der Waals surface area contributed by atoms with Crippen molar-refractivity contribution in [1.82, 2.24) is 9.47 Å². The largest absolute Gasteiger partial charge is 0.416 e. The van der Waals surface area contributed by atoms with Crippen molar-refractivity contribution in [2.45, 2.75) is 57.4 Å². The van der Waals surface area contributed by atoms with Crippen LogP contribution in [-0.4, -0.2) is 26.3 Å². The van der Waals surface area contributed by atoms with Gasteiger partial charge in [-0.25, -0.2) is 0 Å². The molecule has 1 fully saturated rings. The van der Waals surface area contributed by atoms with Crippen molar-refractivity contribution in [2.24, 2.45) is 0 Å². The molecule has 1 aliphatic carbocycles. The molecular weight excluding hydrogens is 459 g/mol. The van der Waals surface area contributed by atoms with E-state index in [4.69, 9.17) is 0 Å². The fourth-order valence-corrected chi connectivity index (χ4v) is 4.62. The second kappa shape index (κ2) is 10.3. The van der Waals surface area contributed by atoms with Gasteiger partial charge in [0, 0.05) is 42.2 Å². The molecule has 1 aromatic heterocycles. The van der Waals surface area contributed by atoms with Gasteiger partial charge in [-0.15, -0.1) is 0 Å². The molecule has 9 heteroatoms. The van der Waals surface area contributed by atoms with Crippen LogP contribution < -0.4 is 0 Å². The summed E-state index contributed by atoms with van der Waals surface area (Å²) in [5, 5.41) is 11.0. The Morgan fingerprint density at radius 3 is 2.40 bits per heavy atom. The van der Waals surface area contributed by atoms with Crippen molar-refractivity contribution in [1.29, 1.82) is 0 Å². The molecule has 35 heavy (non-hydrogen) atoms. The molecular formula is C26H26F3N3O3. The van der Waals surface area contributed by atoms with E-state index in [0.29, 0.717) is 17.7 Å². The average molecular weight is 486 g/mol. The predicted molar refractivity (Wildman–Crippen MR) is 125 cm³/mol. The molecule has 0 N–H and O–H groups in total. The Labute approximate surface area is 201 Å². The van der Waals surface area contributed by atoms with E-state index in [-0.39, 0.29) is 24.2 Å². The summed E-state index contributed by atoms with van der Waals surface area (Å²) >= 11 is 0. The zero-order chi connectivity index (χ0) is 25.0. The maximum atomic E-state index is 13.5. The number of aromatic nitrogens is 1. The number of nitro groups is 1. The molecule has 0 unspecified atom stereocenters. The Morgan fingerprint density at radius 2 is 1.74 bits per heavy atom. The number of halogens is 3. The first kappa shape index (κ1) is 24.5. The molecule has 4 rings (SSSR count). The number of carbonyl (C=O) groups excluding carboxylic acids is 1. The van der Waals surface area contributed by atoms with Crippen LogP contribution in [0, 0.1) is 10.1 Å². The van der Waals surface area contributed by atoms with Crippen molar-refractivity contribution in [3.63, 3.8) is 0 Å². The molecule has 0 spiro atoms. The molecule has 0 bridgehead atoms. The molecule has 0 aliphatic heterocycles. The lowest BCUT2D eigenvalue weighted by Gasteiger charge is -2.35. The van der Waals surface area contributed by atoms with Gasteiger partial charge >= 0.3 is 6.18 Å². The lowest BCUT2D eigenvalue weighted by Crippen LogP contribution is -2.41. The number of rotatable bonds is 7. The van der Waals surface area contributed by atoms with Gasteiger partial charge in [-0.05, 0) is 54.8 Å². The number of nitro benzene ring substituents is 1. The van der Waals surface area contributed by atoms with E-state index in [1.165, 1.54) is 30.3 Å². The van der Waals surface area contributed by atoms with E-state index in [2.05, 4.69) is 0 Å². The zero-order valence-corrected chi connectivity index (χ0v) is 19.1. The lowest BCUT2D eigenvalue weighted by molar-refractivity contribution is -0.384. The maximum Gasteiger partial charge on any atom is 0.416 e. The van der Waals surface area contributed by atoms with Crippen molar-refractivity contribution in [2.75, 3.05) is 0 Å². The molecule has 1 aliphatic rings. The quantitative estimate of drug-likeness (QED) is 0.286. The minimum atomic E-state index is -4.41. The molecule has 184 valence electrons. The van der Waals surface area contributed by atoms with Crippen LogP contribution in [0.25, 0.3) is 0 Å². The summed E-state index contributed by atoms with van der Waals surface area (Å²) in [6, 6.07) is 14.5. The van der Waals surface area contributed by atoms with Crippen molar-refractivity contribution < 1.29 is 22.9 Å². The summed E-state index contributed by atoms with van der Waals surface area (Å²) in [6.45, 7) is 0.545. The van der Waals surface area contributed by atoms with Gasteiger partial charge < -0.3 is 9.47 Å². The highest BCUT2D eigenvalue weighted by Gasteiger charge is 2.31. The van der Waals surface area contributed by atoms with Gasteiger partial charge in [-0.3, -0.25) is 14.9 Å². The second-order valence-electron chi connectivity index (χ2n) is 8.85. The molecule has 0 saturated heterocycles. The Hall–Kier alpha value is -3.62. The smallest absolute Gasteiger partial charge is 0.345 e. The number of carbonyl (C=O) groups is 1. The van der Waals surface area contributed by atoms with E-state index in [1.807, 2.05) is 16.7 Å². The van der Waals surface area contributed by atoms with Crippen molar-refractivity contribution >= 4 is 11.6 Å². The number of hydrogen-bond donors (Lipinski definition) is 0. The summed E-state index contributed by atoms with van der Waals surface area (Å²) < 4.78 is 41.3. The number of amides is 1. The van der Waals surface area contributed by atoms with Crippen LogP contribution in [0.2, 0.25) is 0 Å². The van der Waals surface area contributed by atoms with E-state index >= 15 is 0 Å². The SMILES string of the molecule is O=C(c1ccc([N+](=O)[O-])cc1)N(Cc1cccn1Cc1cccc(C(F)(F)F)c1)C1CCCCC1. The van der Waals surface area contributed by atoms with Crippen LogP contribution in [0.15, 0.2) is 66.9 Å². The zero-order valence-electron chi connectivity index (χ0n) is 19.1. The molecule has 3 aromatic rings. The fraction of sp³-hybridized carbons (Fsp3) is 0.346. The van der Waals surface area contributed by atoms with Gasteiger partial charge in [0.05, 0.1) is 17.0 Å². The highest BCUT2D eigenvalue weighted by Crippen LogP contribution is 2.30. The third-order valence-electron chi connectivity index (χ3n) is 6.46. The molecule has 1 heterocycles. The molecule has 6 nitrogen and oxygen atoms in total. The molecule has 1 amide bonds. The standard InChI is InChI=1S/C26H26F3N3O3/c27-26(28,29)21-7-4-6-19(16-21)17-30-15-5-10-24(30)18-31(22-8-2-1-3-9-22)25(33)20-11-13-23(14-12-20)32(34)35/h4-7,10-16,22H,1-3,8-9,17-18H2. The van der Waals surface area contributed by atoms with E-state index < -0.39 is 16.7 Å². The van der Waals surface area contributed by atoms with Gasteiger partial charge in [-0.1, -0.05) is 31.4 Å². The maximum absolute atomic E-state index is 13.5. The first-order chi connectivity index (χ1) is 16.7. The number of alkyl halides is 3. The van der Waals surface area contributed by atoms with Crippen LogP contribution in [0.3, 0.4) is 0 Å². The summed E-state index contributed by atoms with van der Waals surface area (Å²) in [6.07, 6.45) is 2.26. The molecule has 1 saturated carbocycles. The van der Waals surface area contributed by atoms with Crippen LogP contribution in [0.4, 0.5) is 18.9 Å². The number of non-ortho nitro benzene ring substituents is 1. The minimum absolute atomic E-state index is 0.0309. The first-order valence-electron chi connectivity index (χ1n) is 11.6. The van der Waals surface area contributed by atoms with E-state index in [9.17, 15) is 28.1 Å². The topological polar surface area (TPSA) is 68.4 Å². The summed E-state index contributed by atoms with van der Waals surface area (Å²) in [5.41, 5.74) is 0.921. The normalized spacial score (nSPS) is 14.6. The van der Waals surface area contributed by atoms with Crippen LogP contribution in [-0.2, 0) is 19.3 Å². The van der Waals surface area contributed by atoms with Crippen molar-refractivity contribution in [3.8, 4) is 0 Å². The Balaban J connectivity index is 1.58. The first-order valence-corrected chi connectivity index (χ1v) is 11.6. The Bertz CT molecular complexity index is 1180. The fourth-order valence-electron chi connectivity index (χ4n) is 4.62. The molecule has 0 radical (unpaired) electrons. The van der Waals surface area contributed by atoms with Gasteiger partial charge in [0.2, 0.25) is 0 Å². The Kier molecular flexibility index (Phi) is 7.23. The van der Waals surface area contributed by atoms with Crippen molar-refractivity contribution in [3.05, 3.63) is 99.4 Å². The van der Waals surface area contributed by atoms with Gasteiger partial charge in [0.1, 0.15) is 0 Å². The average Bonchev–Trinajstić information content (AvgIpc) is 3.28. The minimum Gasteiger partial charge on any atom is -0.345 e. The summed E-state index contributed by atoms with van der Waals surface area (Å²) in [4.78, 5) is 25.8. The number of hydrogen-bond acceptors (Lipinski definition) is 3. The highest BCUT2D eigenvalue weighted by atomic mass is 19.4. The van der Waals surface area contributed by atoms with Crippen LogP contribution >= 0.6 is 0 Å². The van der Waals surface area contributed by atoms with E-state index in [0.717, 1.165) is 49.9 Å². The lowest BCUT2D eigenvalue weighted by atomic mass is 9.93. The number of benzene rings is 2. The molecule has 2 aromatic carbocycles. The van der Waals surface area contributed by atoms with E-state index in [1.54, 1.807) is 17.2 Å². The van der Waals surface area contributed by atoms with Crippen LogP contribution in [0.1, 0.15) is 59.3 Å². The highest BCUT2D eigenvalue weighted by molar-refractivity contribution is 5.94. The number of nitrogens with zero attached hydrogens (tertiary/aromatic N) is 3. The monoisotopic (exact) mass is 485 g/mol. The van der Waals surface area contributed by atoms with Crippen LogP contribution in [0.5, 0.6) is 0 Å². The van der Waals surface area contributed by atoms with Gasteiger partial charge in [0.15, 0.2) is 0 Å². The summed E-state index contributed by atoms with van der Waals surface area (Å²) in [5.74, 6) is -0.210. The Morgan fingerprint density at radius 1 is 1.03 bits per heavy atom. The summed E-state index contributed by atoms with van der Waals surface area (Å²) in [7, 11) is 0. The van der Waals surface area contributed by atoms with Gasteiger partial charge in [0.25, 0.3) is 11.6 Å². The third-order valence-corrected chi connectivity index (χ3v) is 6.46. The van der Waals surface area contributed by atoms with Gasteiger partial charge in [-0.2, -0.15) is 13.2 Å². The second-order valence-corrected chi connectivity index (χ2v) is 8.85. The predicted octanol–water partition coefficient (Wildman–Crippen LogP) is 6.44.